The smallest absolute Gasteiger partial charge is 0.155 e. The molecule has 2 nitrogen and oxygen atoms in total. The fourth-order valence-electron chi connectivity index (χ4n) is 1.51. The van der Waals surface area contributed by atoms with Crippen LogP contribution in [0, 0.1) is 12.8 Å². The molecule has 1 aliphatic carbocycles. The molecule has 0 aliphatic heterocycles. The Kier molecular flexibility index (Phi) is 3.24. The topological polar surface area (TPSA) is 34.1 Å². The molecule has 1 fully saturated rings. The third kappa shape index (κ3) is 3.29. The van der Waals surface area contributed by atoms with E-state index in [1.807, 2.05) is 13.0 Å². The van der Waals surface area contributed by atoms with Crippen molar-refractivity contribution in [3.63, 3.8) is 0 Å². The summed E-state index contributed by atoms with van der Waals surface area (Å²) < 4.78 is 24.5. The van der Waals surface area contributed by atoms with Crippen LogP contribution in [0.4, 0.5) is 0 Å². The lowest BCUT2D eigenvalue weighted by atomic mass is 10.5. The minimum Gasteiger partial charge on any atom is -0.228 e. The molecule has 0 aromatic carbocycles. The predicted octanol–water partition coefficient (Wildman–Crippen LogP) is 3.14. The lowest BCUT2D eigenvalue weighted by Gasteiger charge is -2.00. The van der Waals surface area contributed by atoms with Crippen LogP contribution in [-0.4, -0.2) is 14.2 Å². The van der Waals surface area contributed by atoms with Gasteiger partial charge in [0.05, 0.1) is 11.5 Å². The molecule has 0 unspecified atom stereocenters. The Morgan fingerprint density at radius 3 is 2.67 bits per heavy atom. The van der Waals surface area contributed by atoms with Crippen LogP contribution in [0.1, 0.15) is 22.6 Å². The maximum absolute atomic E-state index is 11.8. The van der Waals surface area contributed by atoms with Crippen LogP contribution in [0.5, 0.6) is 0 Å². The summed E-state index contributed by atoms with van der Waals surface area (Å²) >= 11 is 4.97. The third-order valence-electron chi connectivity index (χ3n) is 2.46. The number of hydrogen-bond acceptors (Lipinski definition) is 3. The van der Waals surface area contributed by atoms with Crippen LogP contribution >= 0.6 is 27.3 Å². The molecule has 0 atom stereocenters. The zero-order chi connectivity index (χ0) is 11.1. The molecule has 1 heterocycles. The summed E-state index contributed by atoms with van der Waals surface area (Å²) in [5, 5.41) is 0. The Bertz CT molecular complexity index is 438. The van der Waals surface area contributed by atoms with Crippen molar-refractivity contribution in [1.29, 1.82) is 0 Å². The highest BCUT2D eigenvalue weighted by molar-refractivity contribution is 9.10. The Labute approximate surface area is 103 Å². The van der Waals surface area contributed by atoms with Gasteiger partial charge in [0, 0.05) is 14.2 Å². The number of aryl methyl sites for hydroxylation is 1. The molecule has 1 saturated carbocycles. The Balaban J connectivity index is 2.06. The number of hydrogen-bond donors (Lipinski definition) is 0. The van der Waals surface area contributed by atoms with Crippen LogP contribution < -0.4 is 0 Å². The van der Waals surface area contributed by atoms with Crippen molar-refractivity contribution in [1.82, 2.24) is 0 Å². The van der Waals surface area contributed by atoms with E-state index in [-0.39, 0.29) is 5.75 Å². The van der Waals surface area contributed by atoms with Crippen molar-refractivity contribution in [2.24, 2.45) is 5.92 Å². The number of halogens is 1. The summed E-state index contributed by atoms with van der Waals surface area (Å²) in [6.07, 6.45) is 2.18. The van der Waals surface area contributed by atoms with Crippen LogP contribution in [0.25, 0.3) is 0 Å². The van der Waals surface area contributed by atoms with Crippen LogP contribution in [0.15, 0.2) is 10.5 Å². The van der Waals surface area contributed by atoms with Gasteiger partial charge in [0.1, 0.15) is 0 Å². The first kappa shape index (κ1) is 11.6. The summed E-state index contributed by atoms with van der Waals surface area (Å²) in [4.78, 5) is 2.09. The van der Waals surface area contributed by atoms with Crippen molar-refractivity contribution in [2.75, 3.05) is 5.75 Å². The molecule has 2 rings (SSSR count). The van der Waals surface area contributed by atoms with Gasteiger partial charge in [0.2, 0.25) is 0 Å². The second-order valence-electron chi connectivity index (χ2n) is 4.11. The van der Waals surface area contributed by atoms with Gasteiger partial charge < -0.3 is 0 Å². The van der Waals surface area contributed by atoms with Crippen molar-refractivity contribution < 1.29 is 8.42 Å². The van der Waals surface area contributed by atoms with Crippen LogP contribution in [-0.2, 0) is 15.6 Å². The molecular formula is C10H13BrO2S2. The number of rotatable bonds is 4. The average Bonchev–Trinajstić information content (AvgIpc) is 2.80. The molecule has 0 N–H and O–H groups in total. The van der Waals surface area contributed by atoms with Gasteiger partial charge in [-0.05, 0) is 47.7 Å². The zero-order valence-electron chi connectivity index (χ0n) is 8.49. The standard InChI is InChI=1S/C10H13BrO2S2/c1-7-10(11)4-9(14-7)6-15(12,13)5-8-2-3-8/h4,8H,2-3,5-6H2,1H3. The van der Waals surface area contributed by atoms with Gasteiger partial charge in [-0.3, -0.25) is 0 Å². The summed E-state index contributed by atoms with van der Waals surface area (Å²) in [6, 6.07) is 1.92. The molecule has 1 aromatic rings. The quantitative estimate of drug-likeness (QED) is 0.856. The van der Waals surface area contributed by atoms with Gasteiger partial charge >= 0.3 is 0 Å². The summed E-state index contributed by atoms with van der Waals surface area (Å²) in [7, 11) is -2.89. The van der Waals surface area contributed by atoms with E-state index in [0.717, 1.165) is 27.1 Å². The summed E-state index contributed by atoms with van der Waals surface area (Å²) in [6.45, 7) is 1.99. The van der Waals surface area contributed by atoms with E-state index in [2.05, 4.69) is 15.9 Å². The summed E-state index contributed by atoms with van der Waals surface area (Å²) in [5.74, 6) is 1.03. The fourth-order valence-corrected chi connectivity index (χ4v) is 5.37. The van der Waals surface area contributed by atoms with Gasteiger partial charge in [-0.25, -0.2) is 8.42 Å². The van der Waals surface area contributed by atoms with E-state index in [1.165, 1.54) is 0 Å². The highest BCUT2D eigenvalue weighted by Gasteiger charge is 2.28. The molecule has 15 heavy (non-hydrogen) atoms. The van der Waals surface area contributed by atoms with Gasteiger partial charge in [-0.1, -0.05) is 0 Å². The molecule has 0 amide bonds. The molecule has 0 spiro atoms. The molecule has 0 radical (unpaired) electrons. The summed E-state index contributed by atoms with van der Waals surface area (Å²) in [5.41, 5.74) is 0. The molecular weight excluding hydrogens is 296 g/mol. The van der Waals surface area contributed by atoms with E-state index in [9.17, 15) is 8.42 Å². The molecule has 84 valence electrons. The van der Waals surface area contributed by atoms with Gasteiger partial charge in [0.25, 0.3) is 0 Å². The zero-order valence-corrected chi connectivity index (χ0v) is 11.7. The first-order valence-electron chi connectivity index (χ1n) is 4.91. The van der Waals surface area contributed by atoms with Crippen molar-refractivity contribution >= 4 is 37.1 Å². The molecule has 0 bridgehead atoms. The lowest BCUT2D eigenvalue weighted by Crippen LogP contribution is -2.09. The third-order valence-corrected chi connectivity index (χ3v) is 6.51. The van der Waals surface area contributed by atoms with Gasteiger partial charge in [-0.2, -0.15) is 0 Å². The van der Waals surface area contributed by atoms with E-state index in [4.69, 9.17) is 0 Å². The minimum atomic E-state index is -2.89. The highest BCUT2D eigenvalue weighted by Crippen LogP contribution is 2.33. The van der Waals surface area contributed by atoms with Gasteiger partial charge in [0.15, 0.2) is 9.84 Å². The molecule has 0 saturated heterocycles. The number of sulfone groups is 1. The lowest BCUT2D eigenvalue weighted by molar-refractivity contribution is 0.592. The van der Waals surface area contributed by atoms with E-state index < -0.39 is 9.84 Å². The largest absolute Gasteiger partial charge is 0.228 e. The predicted molar refractivity (Wildman–Crippen MR) is 67.0 cm³/mol. The second kappa shape index (κ2) is 4.18. The fraction of sp³-hybridized carbons (Fsp3) is 0.600. The SMILES string of the molecule is Cc1sc(CS(=O)(=O)CC2CC2)cc1Br. The normalized spacial score (nSPS) is 16.9. The Hall–Kier alpha value is 0.130. The van der Waals surface area contributed by atoms with Crippen molar-refractivity contribution in [3.05, 3.63) is 20.3 Å². The van der Waals surface area contributed by atoms with E-state index >= 15 is 0 Å². The maximum atomic E-state index is 11.8. The average molecular weight is 309 g/mol. The van der Waals surface area contributed by atoms with E-state index in [1.54, 1.807) is 11.3 Å². The highest BCUT2D eigenvalue weighted by atomic mass is 79.9. The number of thiophene rings is 1. The van der Waals surface area contributed by atoms with Crippen LogP contribution in [0.2, 0.25) is 0 Å². The van der Waals surface area contributed by atoms with Crippen LogP contribution in [0.3, 0.4) is 0 Å². The Morgan fingerprint density at radius 1 is 1.53 bits per heavy atom. The van der Waals surface area contributed by atoms with Gasteiger partial charge in [-0.15, -0.1) is 11.3 Å². The molecule has 1 aromatic heterocycles. The minimum absolute atomic E-state index is 0.209. The first-order valence-corrected chi connectivity index (χ1v) is 8.34. The monoisotopic (exact) mass is 308 g/mol. The Morgan fingerprint density at radius 2 is 2.20 bits per heavy atom. The molecule has 5 heteroatoms. The first-order chi connectivity index (χ1) is 6.96. The molecule has 1 aliphatic rings. The van der Waals surface area contributed by atoms with Crippen molar-refractivity contribution in [3.8, 4) is 0 Å². The van der Waals surface area contributed by atoms with Crippen molar-refractivity contribution in [2.45, 2.75) is 25.5 Å². The second-order valence-corrected chi connectivity index (χ2v) is 8.42. The maximum Gasteiger partial charge on any atom is 0.155 e. The van der Waals surface area contributed by atoms with E-state index in [0.29, 0.717) is 11.7 Å².